The molecule has 190 valence electrons. The maximum Gasteiger partial charge on any atom is 0.416 e. The summed E-state index contributed by atoms with van der Waals surface area (Å²) in [4.78, 5) is 12.4. The zero-order valence-electron chi connectivity index (χ0n) is 20.1. The molecule has 0 saturated carbocycles. The number of aromatic nitrogens is 3. The zero-order valence-corrected chi connectivity index (χ0v) is 20.1. The van der Waals surface area contributed by atoms with Crippen LogP contribution in [0.1, 0.15) is 40.2 Å². The summed E-state index contributed by atoms with van der Waals surface area (Å²) in [5.74, 6) is 0.0449. The van der Waals surface area contributed by atoms with Crippen LogP contribution in [0.15, 0.2) is 72.9 Å². The average Bonchev–Trinajstić information content (AvgIpc) is 3.43. The van der Waals surface area contributed by atoms with E-state index in [-0.39, 0.29) is 0 Å². The molecule has 1 aliphatic rings. The SMILES string of the molecule is COC(=O)c1cc(-c2ccc(C3CCNCC3)cc2)cc(-n2cc(-c3ccc(C(F)(F)F)cc3)nn2)c1. The van der Waals surface area contributed by atoms with Crippen LogP contribution >= 0.6 is 0 Å². The number of piperidine rings is 1. The van der Waals surface area contributed by atoms with Crippen molar-refractivity contribution in [1.82, 2.24) is 20.3 Å². The molecule has 1 N–H and O–H groups in total. The quantitative estimate of drug-likeness (QED) is 0.343. The highest BCUT2D eigenvalue weighted by atomic mass is 19.4. The molecule has 1 aliphatic heterocycles. The summed E-state index contributed by atoms with van der Waals surface area (Å²) in [5.41, 5.74) is 4.14. The van der Waals surface area contributed by atoms with Crippen LogP contribution < -0.4 is 5.32 Å². The number of hydrogen-bond acceptors (Lipinski definition) is 5. The van der Waals surface area contributed by atoms with Gasteiger partial charge in [0.1, 0.15) is 5.69 Å². The smallest absolute Gasteiger partial charge is 0.416 e. The van der Waals surface area contributed by atoms with E-state index in [1.165, 1.54) is 29.5 Å². The number of carbonyl (C=O) groups is 1. The third-order valence-corrected chi connectivity index (χ3v) is 6.66. The first kappa shape index (κ1) is 24.7. The predicted octanol–water partition coefficient (Wildman–Crippen LogP) is 5.87. The molecule has 4 aromatic rings. The summed E-state index contributed by atoms with van der Waals surface area (Å²) in [6.45, 7) is 2.03. The third kappa shape index (κ3) is 5.41. The Morgan fingerprint density at radius 3 is 2.27 bits per heavy atom. The van der Waals surface area contributed by atoms with E-state index in [0.29, 0.717) is 28.4 Å². The van der Waals surface area contributed by atoms with Gasteiger partial charge in [-0.3, -0.25) is 0 Å². The Balaban J connectivity index is 1.47. The van der Waals surface area contributed by atoms with E-state index in [2.05, 4.69) is 27.8 Å². The molecule has 5 rings (SSSR count). The molecule has 1 saturated heterocycles. The standard InChI is InChI=1S/C28H25F3N4O2/c1-37-27(36)23-14-22(19-4-2-18(3-5-19)20-10-12-32-13-11-20)15-25(16-23)35-17-26(33-34-35)21-6-8-24(9-7-21)28(29,30)31/h2-9,14-17,20,32H,10-13H2,1H3. The number of esters is 1. The highest BCUT2D eigenvalue weighted by molar-refractivity contribution is 5.92. The molecule has 6 nitrogen and oxygen atoms in total. The maximum absolute atomic E-state index is 12.9. The number of alkyl halides is 3. The van der Waals surface area contributed by atoms with Crippen LogP contribution in [0.25, 0.3) is 28.1 Å². The largest absolute Gasteiger partial charge is 0.465 e. The van der Waals surface area contributed by atoms with Crippen molar-refractivity contribution in [2.75, 3.05) is 20.2 Å². The van der Waals surface area contributed by atoms with Gasteiger partial charge in [-0.1, -0.05) is 41.6 Å². The normalized spacial score (nSPS) is 14.5. The molecule has 0 atom stereocenters. The minimum absolute atomic E-state index is 0.351. The molecule has 1 fully saturated rings. The lowest BCUT2D eigenvalue weighted by molar-refractivity contribution is -0.137. The van der Waals surface area contributed by atoms with Crippen molar-refractivity contribution in [3.63, 3.8) is 0 Å². The number of rotatable bonds is 5. The lowest BCUT2D eigenvalue weighted by Gasteiger charge is -2.23. The van der Waals surface area contributed by atoms with E-state index in [4.69, 9.17) is 4.74 Å². The highest BCUT2D eigenvalue weighted by Crippen LogP contribution is 2.32. The number of hydrogen-bond donors (Lipinski definition) is 1. The number of benzene rings is 3. The fraction of sp³-hybridized carbons (Fsp3) is 0.250. The van der Waals surface area contributed by atoms with Gasteiger partial charge in [0, 0.05) is 5.56 Å². The number of nitrogens with zero attached hydrogens (tertiary/aromatic N) is 3. The van der Waals surface area contributed by atoms with Crippen LogP contribution in [0, 0.1) is 0 Å². The van der Waals surface area contributed by atoms with Crippen molar-refractivity contribution in [3.05, 3.63) is 89.6 Å². The van der Waals surface area contributed by atoms with Crippen LogP contribution in [0.2, 0.25) is 0 Å². The number of carbonyl (C=O) groups excluding carboxylic acids is 1. The topological polar surface area (TPSA) is 69.0 Å². The summed E-state index contributed by atoms with van der Waals surface area (Å²) < 4.78 is 45.1. The van der Waals surface area contributed by atoms with Crippen molar-refractivity contribution in [1.29, 1.82) is 0 Å². The van der Waals surface area contributed by atoms with Gasteiger partial charge in [-0.15, -0.1) is 5.10 Å². The fourth-order valence-electron chi connectivity index (χ4n) is 4.60. The van der Waals surface area contributed by atoms with Crippen molar-refractivity contribution in [2.24, 2.45) is 0 Å². The summed E-state index contributed by atoms with van der Waals surface area (Å²) in [6.07, 6.45) is -0.584. The number of nitrogens with one attached hydrogen (secondary N) is 1. The maximum atomic E-state index is 12.9. The zero-order chi connectivity index (χ0) is 26.0. The van der Waals surface area contributed by atoms with E-state index >= 15 is 0 Å². The minimum Gasteiger partial charge on any atom is -0.465 e. The summed E-state index contributed by atoms with van der Waals surface area (Å²) in [5, 5.41) is 11.7. The van der Waals surface area contributed by atoms with E-state index in [1.807, 2.05) is 18.2 Å². The second-order valence-electron chi connectivity index (χ2n) is 9.03. The molecule has 1 aromatic heterocycles. The van der Waals surface area contributed by atoms with Gasteiger partial charge in [-0.2, -0.15) is 13.2 Å². The molecular formula is C28H25F3N4O2. The summed E-state index contributed by atoms with van der Waals surface area (Å²) in [7, 11) is 1.32. The van der Waals surface area contributed by atoms with Crippen molar-refractivity contribution in [3.8, 4) is 28.1 Å². The second-order valence-corrected chi connectivity index (χ2v) is 9.03. The van der Waals surface area contributed by atoms with Crippen molar-refractivity contribution >= 4 is 5.97 Å². The lowest BCUT2D eigenvalue weighted by Crippen LogP contribution is -2.26. The van der Waals surface area contributed by atoms with Crippen molar-refractivity contribution in [2.45, 2.75) is 24.9 Å². The Morgan fingerprint density at radius 1 is 0.946 bits per heavy atom. The second kappa shape index (κ2) is 10.2. The first-order chi connectivity index (χ1) is 17.8. The molecule has 2 heterocycles. The van der Waals surface area contributed by atoms with E-state index in [9.17, 15) is 18.0 Å². The molecular weight excluding hydrogens is 481 g/mol. The molecule has 0 radical (unpaired) electrons. The Hall–Kier alpha value is -3.98. The summed E-state index contributed by atoms with van der Waals surface area (Å²) >= 11 is 0. The Morgan fingerprint density at radius 2 is 1.62 bits per heavy atom. The van der Waals surface area contributed by atoms with Crippen LogP contribution in [0.4, 0.5) is 13.2 Å². The molecule has 0 bridgehead atoms. The Kier molecular flexibility index (Phi) is 6.80. The van der Waals surface area contributed by atoms with E-state index < -0.39 is 17.7 Å². The highest BCUT2D eigenvalue weighted by Gasteiger charge is 2.30. The van der Waals surface area contributed by atoms with Crippen LogP contribution in [-0.4, -0.2) is 41.2 Å². The molecule has 3 aromatic carbocycles. The van der Waals surface area contributed by atoms with Gasteiger partial charge in [0.25, 0.3) is 0 Å². The number of ether oxygens (including phenoxy) is 1. The van der Waals surface area contributed by atoms with Crippen molar-refractivity contribution < 1.29 is 22.7 Å². The third-order valence-electron chi connectivity index (χ3n) is 6.66. The molecule has 9 heteroatoms. The number of halogens is 3. The monoisotopic (exact) mass is 506 g/mol. The first-order valence-electron chi connectivity index (χ1n) is 12.0. The minimum atomic E-state index is -4.41. The van der Waals surface area contributed by atoms with Crippen LogP contribution in [0.3, 0.4) is 0 Å². The van der Waals surface area contributed by atoms with Gasteiger partial charge in [0.2, 0.25) is 0 Å². The van der Waals surface area contributed by atoms with Gasteiger partial charge in [-0.05, 0) is 78.9 Å². The molecule has 0 spiro atoms. The van der Waals surface area contributed by atoms with Crippen LogP contribution in [-0.2, 0) is 10.9 Å². The van der Waals surface area contributed by atoms with Gasteiger partial charge in [-0.25, -0.2) is 9.48 Å². The number of methoxy groups -OCH3 is 1. The molecule has 0 unspecified atom stereocenters. The predicted molar refractivity (Wildman–Crippen MR) is 133 cm³/mol. The average molecular weight is 507 g/mol. The van der Waals surface area contributed by atoms with Gasteiger partial charge in [0.05, 0.1) is 30.1 Å². The molecule has 37 heavy (non-hydrogen) atoms. The van der Waals surface area contributed by atoms with Crippen LogP contribution in [0.5, 0.6) is 0 Å². The van der Waals surface area contributed by atoms with Gasteiger partial charge < -0.3 is 10.1 Å². The fourth-order valence-corrected chi connectivity index (χ4v) is 4.60. The lowest BCUT2D eigenvalue weighted by atomic mass is 9.89. The van der Waals surface area contributed by atoms with E-state index in [0.717, 1.165) is 49.2 Å². The van der Waals surface area contributed by atoms with Gasteiger partial charge >= 0.3 is 12.1 Å². The van der Waals surface area contributed by atoms with Gasteiger partial charge in [0.15, 0.2) is 0 Å². The molecule has 0 aliphatic carbocycles. The Bertz CT molecular complexity index is 1390. The van der Waals surface area contributed by atoms with E-state index in [1.54, 1.807) is 18.3 Å². The Labute approximate surface area is 212 Å². The molecule has 0 amide bonds. The summed E-state index contributed by atoms with van der Waals surface area (Å²) in [6, 6.07) is 18.4. The first-order valence-corrected chi connectivity index (χ1v) is 12.0.